The highest BCUT2D eigenvalue weighted by molar-refractivity contribution is 7.00. The van der Waals surface area contributed by atoms with Crippen LogP contribution in [0.1, 0.15) is 51.4 Å². The Balaban J connectivity index is 2.14. The van der Waals surface area contributed by atoms with Crippen LogP contribution in [0.5, 0.6) is 0 Å². The monoisotopic (exact) mass is 1040 g/mol. The Morgan fingerprint density at radius 3 is 1.09 bits per heavy atom. The molecule has 4 saturated heterocycles. The third-order valence-corrected chi connectivity index (χ3v) is 45.4. The van der Waals surface area contributed by atoms with Crippen molar-refractivity contribution in [1.82, 2.24) is 19.3 Å². The van der Waals surface area contributed by atoms with E-state index in [0.29, 0.717) is 110 Å². The minimum absolute atomic E-state index is 0.220. The molecule has 332 valence electrons. The number of hydrogen-bond acceptors (Lipinski definition) is 20. The van der Waals surface area contributed by atoms with Crippen molar-refractivity contribution >= 4 is 129 Å². The van der Waals surface area contributed by atoms with Gasteiger partial charge < -0.3 is 72.3 Å². The standard InChI is InChI=1S/C24H60Cl4N8O12Si9/c25-33-13-5-17-50-38-52(18-1-9-29)42-54(19-2-10-30)40-51(37-49,22-6-14-34-26)41-57(24-8-16-36-28)45-53(39-50,23-7-15-35-27)44-55(43-52,20-3-11-31)47-56(46-54,48-57)21-4-12-32/h33-36H,1-24,29-32H2. The highest BCUT2D eigenvalue weighted by Gasteiger charge is 2.78. The van der Waals surface area contributed by atoms with Crippen molar-refractivity contribution < 1.29 is 49.4 Å². The van der Waals surface area contributed by atoms with Crippen LogP contribution in [0.15, 0.2) is 0 Å². The maximum Gasteiger partial charge on any atom is 0.478 e. The van der Waals surface area contributed by atoms with Crippen molar-refractivity contribution in [3.8, 4) is 0 Å². The second kappa shape index (κ2) is 25.1. The van der Waals surface area contributed by atoms with Crippen LogP contribution in [0.25, 0.3) is 0 Å². The van der Waals surface area contributed by atoms with Crippen molar-refractivity contribution in [3.05, 3.63) is 0 Å². The zero-order chi connectivity index (χ0) is 41.4. The van der Waals surface area contributed by atoms with Gasteiger partial charge in [-0.05, 0) is 131 Å². The molecule has 0 amide bonds. The summed E-state index contributed by atoms with van der Waals surface area (Å²) in [6, 6.07) is 2.20. The van der Waals surface area contributed by atoms with Crippen LogP contribution in [0, 0.1) is 0 Å². The van der Waals surface area contributed by atoms with E-state index in [0.717, 1.165) is 0 Å². The van der Waals surface area contributed by atoms with Crippen LogP contribution < -0.4 is 42.3 Å². The Bertz CT molecular complexity index is 1200. The van der Waals surface area contributed by atoms with Gasteiger partial charge in [0.2, 0.25) is 10.5 Å². The van der Waals surface area contributed by atoms with Gasteiger partial charge in [0.15, 0.2) is 0 Å². The molecule has 4 heterocycles. The van der Waals surface area contributed by atoms with Gasteiger partial charge in [0.05, 0.1) is 0 Å². The zero-order valence-electron chi connectivity index (χ0n) is 32.2. The molecule has 4 aliphatic rings. The molecule has 0 aromatic heterocycles. The molecule has 0 saturated carbocycles. The van der Waals surface area contributed by atoms with Crippen LogP contribution in [0.4, 0.5) is 0 Å². The first kappa shape index (κ1) is 51.9. The summed E-state index contributed by atoms with van der Waals surface area (Å²) in [5.74, 6) is 0. The van der Waals surface area contributed by atoms with Gasteiger partial charge in [-0.2, -0.15) is 0 Å². The summed E-state index contributed by atoms with van der Waals surface area (Å²) in [6.07, 6.45) is 3.83. The van der Waals surface area contributed by atoms with Crippen LogP contribution in [0.3, 0.4) is 0 Å². The summed E-state index contributed by atoms with van der Waals surface area (Å²) in [7, 11) is -27.7. The molecule has 4 aliphatic heterocycles. The predicted molar refractivity (Wildman–Crippen MR) is 232 cm³/mol. The van der Waals surface area contributed by atoms with Gasteiger partial charge in [-0.25, -0.2) is 19.3 Å². The van der Waals surface area contributed by atoms with Gasteiger partial charge >= 0.3 is 70.9 Å². The van der Waals surface area contributed by atoms with Gasteiger partial charge in [0.25, 0.3) is 0 Å². The summed E-state index contributed by atoms with van der Waals surface area (Å²) < 4.78 is 88.2. The molecule has 12 N–H and O–H groups in total. The van der Waals surface area contributed by atoms with E-state index in [-0.39, 0.29) is 42.3 Å². The topological polar surface area (TPSA) is 263 Å². The molecule has 20 nitrogen and oxygen atoms in total. The van der Waals surface area contributed by atoms with E-state index in [9.17, 15) is 0 Å². The van der Waals surface area contributed by atoms with Crippen molar-refractivity contribution in [2.45, 2.75) is 99.7 Å². The van der Waals surface area contributed by atoms with Crippen molar-refractivity contribution in [3.63, 3.8) is 0 Å². The summed E-state index contributed by atoms with van der Waals surface area (Å²) in [5, 5.41) is 0. The number of nitrogens with one attached hydrogen (secondary N) is 4. The molecular weight excluding hydrogens is 987 g/mol. The minimum Gasteiger partial charge on any atom is -0.416 e. The second-order valence-electron chi connectivity index (χ2n) is 13.9. The molecule has 0 aromatic rings. The second-order valence-corrected chi connectivity index (χ2v) is 39.1. The first-order valence-corrected chi connectivity index (χ1v) is 36.5. The van der Waals surface area contributed by atoms with Crippen LogP contribution in [-0.4, -0.2) is 134 Å². The Labute approximate surface area is 369 Å². The van der Waals surface area contributed by atoms with Gasteiger partial charge in [-0.15, -0.1) is 0 Å². The number of halogens is 4. The lowest BCUT2D eigenvalue weighted by Gasteiger charge is -2.59. The van der Waals surface area contributed by atoms with E-state index in [4.69, 9.17) is 119 Å². The largest absolute Gasteiger partial charge is 0.478 e. The van der Waals surface area contributed by atoms with Crippen LogP contribution >= 0.6 is 47.1 Å². The third kappa shape index (κ3) is 14.7. The predicted octanol–water partition coefficient (Wildman–Crippen LogP) is 1.31. The molecule has 57 heavy (non-hydrogen) atoms. The third-order valence-electron chi connectivity index (χ3n) is 9.16. The lowest BCUT2D eigenvalue weighted by Crippen LogP contribution is -2.84. The molecule has 33 heteroatoms. The fraction of sp³-hybridized carbons (Fsp3) is 1.00. The van der Waals surface area contributed by atoms with E-state index >= 15 is 0 Å². The van der Waals surface area contributed by atoms with Crippen molar-refractivity contribution in [2.24, 2.45) is 22.9 Å². The molecule has 6 bridgehead atoms. The average Bonchev–Trinajstić information content (AvgIpc) is 3.16. The van der Waals surface area contributed by atoms with Crippen molar-refractivity contribution in [1.29, 1.82) is 0 Å². The molecule has 7 atom stereocenters. The Morgan fingerprint density at radius 1 is 0.421 bits per heavy atom. The maximum absolute atomic E-state index is 7.54. The SMILES string of the molecule is NCCC[Si]12O[Si](CCCNCl)O[Si]3(CCCNCl)O[Si]4(CCCNCl)O[Si](CCCNCl)(O[Si])O[Si](CCCN)(O1)O[Si](CCCN)(O4)O[Si](CCCN)(O2)O3. The molecule has 0 spiro atoms. The number of rotatable bonds is 29. The average molecular weight is 1050 g/mol. The van der Waals surface area contributed by atoms with Crippen molar-refractivity contribution in [2.75, 3.05) is 52.4 Å². The molecule has 0 aliphatic carbocycles. The maximum atomic E-state index is 7.54. The summed E-state index contributed by atoms with van der Waals surface area (Å²) in [5.41, 5.74) is 24.8. The fourth-order valence-corrected chi connectivity index (χ4v) is 53.3. The van der Waals surface area contributed by atoms with Crippen LogP contribution in [-0.2, 0) is 49.4 Å². The smallest absolute Gasteiger partial charge is 0.416 e. The minimum atomic E-state index is -4.21. The van der Waals surface area contributed by atoms with Gasteiger partial charge in [-0.3, -0.25) is 0 Å². The quantitative estimate of drug-likeness (QED) is 0.0298. The molecule has 0 aromatic carbocycles. The number of hydrogen-bond donors (Lipinski definition) is 8. The highest BCUT2D eigenvalue weighted by atomic mass is 35.5. The van der Waals surface area contributed by atoms with E-state index in [1.807, 2.05) is 0 Å². The Morgan fingerprint density at radius 2 is 0.719 bits per heavy atom. The van der Waals surface area contributed by atoms with E-state index in [1.165, 1.54) is 0 Å². The number of fused-ring (bicyclic) bond motifs is 4. The first-order chi connectivity index (χ1) is 27.5. The molecule has 7 unspecified atom stereocenters. The van der Waals surface area contributed by atoms with E-state index in [2.05, 4.69) is 29.8 Å². The van der Waals surface area contributed by atoms with Crippen LogP contribution in [0.2, 0.25) is 48.4 Å². The summed E-state index contributed by atoms with van der Waals surface area (Å²) in [4.78, 5) is 10.8. The van der Waals surface area contributed by atoms with E-state index in [1.54, 1.807) is 0 Å². The Kier molecular flexibility index (Phi) is 22.9. The van der Waals surface area contributed by atoms with Gasteiger partial charge in [0, 0.05) is 68.5 Å². The normalized spacial score (nSPS) is 35.7. The molecule has 4 radical (unpaired) electrons. The van der Waals surface area contributed by atoms with E-state index < -0.39 is 70.9 Å². The van der Waals surface area contributed by atoms with Gasteiger partial charge in [-0.1, -0.05) is 0 Å². The number of nitrogens with two attached hydrogens (primary N) is 4. The lowest BCUT2D eigenvalue weighted by atomic mass is 10.5. The summed E-state index contributed by atoms with van der Waals surface area (Å²) in [6.45, 7) is 2.90. The highest BCUT2D eigenvalue weighted by Crippen LogP contribution is 2.50. The zero-order valence-corrected chi connectivity index (χ0v) is 44.2. The molecule has 4 fully saturated rings. The lowest BCUT2D eigenvalue weighted by molar-refractivity contribution is 0.00156. The Hall–Kier alpha value is 2.31. The molecule has 4 rings (SSSR count). The molecular formula is C24H60Cl4N8O12Si9. The van der Waals surface area contributed by atoms with Gasteiger partial charge in [0.1, 0.15) is 0 Å². The first-order valence-electron chi connectivity index (χ1n) is 19.5. The summed E-state index contributed by atoms with van der Waals surface area (Å²) >= 11 is 24.0. The fourth-order valence-electron chi connectivity index (χ4n) is 6.80.